The number of cyclic esters (lactones) is 1. The number of halogens is 1. The summed E-state index contributed by atoms with van der Waals surface area (Å²) < 4.78 is 51.5. The Morgan fingerprint density at radius 3 is 2.00 bits per heavy atom. The van der Waals surface area contributed by atoms with Crippen molar-refractivity contribution in [1.29, 1.82) is 0 Å². The van der Waals surface area contributed by atoms with Gasteiger partial charge in [-0.15, -0.1) is 0 Å². The molecule has 0 bridgehead atoms. The predicted octanol–water partition coefficient (Wildman–Crippen LogP) is 5.05. The fourth-order valence-corrected chi connectivity index (χ4v) is 13.8. The molecule has 3 aliphatic rings. The van der Waals surface area contributed by atoms with Gasteiger partial charge in [-0.05, 0) is 117 Å². The smallest absolute Gasteiger partial charge is 0.343 e. The summed E-state index contributed by atoms with van der Waals surface area (Å²) in [6, 6.07) is 39.4. The minimum absolute atomic E-state index is 0.00499. The van der Waals surface area contributed by atoms with Gasteiger partial charge in [0.1, 0.15) is 37.3 Å². The Morgan fingerprint density at radius 2 is 1.35 bits per heavy atom. The second kappa shape index (κ2) is 34.9. The largest absolute Gasteiger partial charge is 0.458 e. The van der Waals surface area contributed by atoms with Gasteiger partial charge in [0.25, 0.3) is 5.56 Å². The number of hydrogen-bond donors (Lipinski definition) is 9. The third-order valence-corrected chi connectivity index (χ3v) is 20.2. The van der Waals surface area contributed by atoms with Gasteiger partial charge in [0, 0.05) is 67.0 Å². The molecule has 0 unspecified atom stereocenters. The van der Waals surface area contributed by atoms with Crippen LogP contribution in [0.1, 0.15) is 126 Å². The number of unbranched alkanes of at least 4 members (excludes halogenated alkanes) is 2. The van der Waals surface area contributed by atoms with Crippen LogP contribution in [-0.4, -0.2) is 138 Å². The average molecular weight is 1490 g/mol. The highest BCUT2D eigenvalue weighted by Gasteiger charge is 2.46. The summed E-state index contributed by atoms with van der Waals surface area (Å²) >= 11 is 0. The molecule has 0 saturated heterocycles. The first-order valence-electron chi connectivity index (χ1n) is 35.8. The van der Waals surface area contributed by atoms with Gasteiger partial charge < -0.3 is 56.4 Å². The lowest BCUT2D eigenvalue weighted by atomic mass is 9.76. The molecule has 5 aromatic carbocycles. The number of ether oxygens (including phenoxy) is 2. The molecular formula is C80H85FN12O14S. The number of aromatic nitrogens is 4. The van der Waals surface area contributed by atoms with E-state index in [0.29, 0.717) is 83.2 Å². The number of nitrogens with zero attached hydrogens (tertiary/aromatic N) is 4. The van der Waals surface area contributed by atoms with Crippen molar-refractivity contribution in [3.05, 3.63) is 223 Å². The molecular weight excluding hydrogens is 1400 g/mol. The maximum Gasteiger partial charge on any atom is 0.343 e. The van der Waals surface area contributed by atoms with Gasteiger partial charge in [0.2, 0.25) is 56.3 Å². The van der Waals surface area contributed by atoms with Gasteiger partial charge in [-0.2, -0.15) is 0 Å². The predicted molar refractivity (Wildman–Crippen MR) is 396 cm³/mol. The Kier molecular flexibility index (Phi) is 25.1. The molecule has 9 N–H and O–H groups in total. The molecule has 0 spiro atoms. The molecule has 7 amide bonds. The zero-order valence-electron chi connectivity index (χ0n) is 60.2. The molecule has 26 nitrogen and oxygen atoms in total. The Labute approximate surface area is 623 Å². The average Bonchev–Trinajstić information content (AvgIpc) is 1.53. The number of hydrogen-bond acceptors (Lipinski definition) is 18. The van der Waals surface area contributed by atoms with E-state index in [9.17, 15) is 56.7 Å². The molecule has 11 rings (SSSR count). The van der Waals surface area contributed by atoms with E-state index in [0.717, 1.165) is 28.5 Å². The highest BCUT2D eigenvalue weighted by atomic mass is 32.2. The highest BCUT2D eigenvalue weighted by molar-refractivity contribution is 7.90. The van der Waals surface area contributed by atoms with E-state index in [1.54, 1.807) is 56.3 Å². The van der Waals surface area contributed by atoms with E-state index in [-0.39, 0.29) is 79.5 Å². The summed E-state index contributed by atoms with van der Waals surface area (Å²) in [6.45, 7) is 3.08. The summed E-state index contributed by atoms with van der Waals surface area (Å²) in [5.41, 5.74) is 4.40. The quantitative estimate of drug-likeness (QED) is 0.00649. The number of aliphatic hydroxyl groups is 1. The van der Waals surface area contributed by atoms with Crippen LogP contribution in [0.5, 0.6) is 0 Å². The standard InChI is InChI=1S/C80H85FN12O14S/c1-5-79(103)61-38-66-71-59(46-93(66)76(101)60(61)47-106-77(79)102)58(57-36-50(3)62(81)39-64(57)92-71)42-83-75(100)72(53-31-32-53)107-48-88-69(96)44-85-74(99)65(37-51-20-10-6-11-21-51)91-70(97)45-82-68(95)43-84-73(98)63(90-67(94)28-17-7-12-22-52-40-86-78(87-41-52)108(4,104)105)27-18-19-35-89-80(54-23-13-8-14-24-54,55-25-15-9-16-26-55)56-33-29-49(2)30-34-56/h6,8-11,13-16,20-21,23-26,29-30,33-34,36,38-41,53,63,65,72,89,103H,5,7,17-19,27-28,31-32,35,37,42-48H2,1-4H3,(H,82,95)(H,83,100)(H,84,98)(H,85,99)(H,88,96)(H,90,94)(H,91,97)/t63-,65-,72+,79-/m0/s1. The molecule has 1 fully saturated rings. The summed E-state index contributed by atoms with van der Waals surface area (Å²) in [5.74, 6) is -0.394. The molecule has 1 aliphatic carbocycles. The molecule has 1 saturated carbocycles. The number of benzene rings is 5. The van der Waals surface area contributed by atoms with Crippen molar-refractivity contribution in [2.24, 2.45) is 5.92 Å². The number of esters is 1. The lowest BCUT2D eigenvalue weighted by Crippen LogP contribution is -2.53. The van der Waals surface area contributed by atoms with E-state index in [1.807, 2.05) is 43.3 Å². The number of amides is 7. The summed E-state index contributed by atoms with van der Waals surface area (Å²) in [7, 11) is -3.60. The normalized spacial score (nSPS) is 15.1. The van der Waals surface area contributed by atoms with Gasteiger partial charge in [0.05, 0.1) is 59.7 Å². The van der Waals surface area contributed by atoms with Gasteiger partial charge >= 0.3 is 5.97 Å². The number of rotatable bonds is 33. The number of sulfone groups is 1. The lowest BCUT2D eigenvalue weighted by molar-refractivity contribution is -0.172. The molecule has 2 aliphatic heterocycles. The van der Waals surface area contributed by atoms with E-state index >= 15 is 4.39 Å². The number of pyridine rings is 2. The fourth-order valence-electron chi connectivity index (χ4n) is 13.3. The maximum absolute atomic E-state index is 15.2. The van der Waals surface area contributed by atoms with Gasteiger partial charge in [-0.1, -0.05) is 140 Å². The second-order valence-corrected chi connectivity index (χ2v) is 29.0. The number of aryl methyl sites for hydroxylation is 2. The van der Waals surface area contributed by atoms with Crippen LogP contribution in [0.25, 0.3) is 22.3 Å². The first kappa shape index (κ1) is 77.7. The van der Waals surface area contributed by atoms with Crippen LogP contribution in [0, 0.1) is 37.4 Å². The summed E-state index contributed by atoms with van der Waals surface area (Å²) in [4.78, 5) is 135. The maximum atomic E-state index is 15.2. The van der Waals surface area contributed by atoms with Crippen molar-refractivity contribution in [2.45, 2.75) is 139 Å². The van der Waals surface area contributed by atoms with E-state index in [1.165, 1.54) is 23.0 Å². The molecule has 562 valence electrons. The summed E-state index contributed by atoms with van der Waals surface area (Å²) in [5, 5.41) is 34.1. The second-order valence-electron chi connectivity index (χ2n) is 27.1. The number of fused-ring (bicyclic) bond motifs is 5. The van der Waals surface area contributed by atoms with Crippen molar-refractivity contribution in [3.63, 3.8) is 0 Å². The van der Waals surface area contributed by atoms with Crippen molar-refractivity contribution in [2.75, 3.05) is 39.2 Å². The number of nitrogens with one attached hydrogen (secondary N) is 8. The monoisotopic (exact) mass is 1490 g/mol. The Bertz CT molecular complexity index is 4900. The molecule has 8 aromatic rings. The third-order valence-electron chi connectivity index (χ3n) is 19.4. The van der Waals surface area contributed by atoms with Crippen LogP contribution in [0.3, 0.4) is 0 Å². The minimum Gasteiger partial charge on any atom is -0.458 e. The first-order valence-corrected chi connectivity index (χ1v) is 37.7. The molecule has 0 radical (unpaired) electrons. The van der Waals surface area contributed by atoms with Crippen molar-refractivity contribution >= 4 is 68.1 Å². The van der Waals surface area contributed by atoms with Gasteiger partial charge in [-0.3, -0.25) is 43.7 Å². The first-order chi connectivity index (χ1) is 51.9. The molecule has 3 aromatic heterocycles. The van der Waals surface area contributed by atoms with Crippen LogP contribution in [0.15, 0.2) is 156 Å². The van der Waals surface area contributed by atoms with Crippen LogP contribution in [0.4, 0.5) is 4.39 Å². The van der Waals surface area contributed by atoms with E-state index in [2.05, 4.69) is 113 Å². The van der Waals surface area contributed by atoms with Gasteiger partial charge in [0.15, 0.2) is 5.60 Å². The van der Waals surface area contributed by atoms with E-state index < -0.39 is 124 Å². The number of carbonyl (C=O) groups excluding carboxylic acids is 8. The SMILES string of the molecule is CC[C@@]1(O)C(=O)OCc2c1cc1n(c2=O)Cc2c-1nc1cc(F)c(C)cc1c2CNC(=O)[C@H](OCNC(=O)CNC(=O)[C@H](Cc1ccccc1)NC(=O)CNC(=O)CNC(=O)[C@H](CCCCNC(c1ccccc1)(c1ccccc1)c1ccc(C)cc1)NC(=O)CCCC#Cc1cnc(S(C)(=O)=O)nc1)C1CC1. The lowest BCUT2D eigenvalue weighted by Gasteiger charge is -2.37. The van der Waals surface area contributed by atoms with Crippen molar-refractivity contribution < 1.29 is 65.7 Å². The Hall–Kier alpha value is -11.4. The Morgan fingerprint density at radius 1 is 0.731 bits per heavy atom. The molecule has 4 atom stereocenters. The minimum atomic E-state index is -3.60. The topological polar surface area (TPSA) is 366 Å². The molecule has 28 heteroatoms. The van der Waals surface area contributed by atoms with E-state index in [4.69, 9.17) is 14.5 Å². The van der Waals surface area contributed by atoms with Crippen LogP contribution >= 0.6 is 0 Å². The van der Waals surface area contributed by atoms with Crippen LogP contribution in [0.2, 0.25) is 0 Å². The molecule has 5 heterocycles. The zero-order valence-corrected chi connectivity index (χ0v) is 61.0. The third kappa shape index (κ3) is 18.7. The Balaban J connectivity index is 0.675. The fraction of sp³-hybridized carbons (Fsp3) is 0.350. The zero-order chi connectivity index (χ0) is 76.7. The summed E-state index contributed by atoms with van der Waals surface area (Å²) in [6.07, 6.45) is 5.58. The number of carbonyl (C=O) groups is 8. The highest BCUT2D eigenvalue weighted by Crippen LogP contribution is 2.42. The van der Waals surface area contributed by atoms with Crippen molar-refractivity contribution in [3.8, 4) is 23.2 Å². The van der Waals surface area contributed by atoms with Gasteiger partial charge in [-0.25, -0.2) is 32.6 Å². The van der Waals surface area contributed by atoms with Crippen LogP contribution < -0.4 is 48.1 Å². The molecule has 108 heavy (non-hydrogen) atoms. The van der Waals surface area contributed by atoms with Crippen LogP contribution in [-0.2, 0) is 94.9 Å². The van der Waals surface area contributed by atoms with Crippen molar-refractivity contribution in [1.82, 2.24) is 62.1 Å².